The van der Waals surface area contributed by atoms with Crippen LogP contribution in [0, 0.1) is 5.82 Å². The highest BCUT2D eigenvalue weighted by atomic mass is 32.2. The lowest BCUT2D eigenvalue weighted by Gasteiger charge is -2.08. The molecule has 0 saturated heterocycles. The average molecular weight is 290 g/mol. The first-order valence-electron chi connectivity index (χ1n) is 6.10. The summed E-state index contributed by atoms with van der Waals surface area (Å²) in [4.78, 5) is -0.429. The molecule has 0 aliphatic heterocycles. The van der Waals surface area contributed by atoms with E-state index in [0.29, 0.717) is 19.6 Å². The summed E-state index contributed by atoms with van der Waals surface area (Å²) < 4.78 is 44.7. The van der Waals surface area contributed by atoms with Gasteiger partial charge in [0.15, 0.2) is 0 Å². The van der Waals surface area contributed by atoms with Crippen LogP contribution in [0.5, 0.6) is 0 Å². The lowest BCUT2D eigenvalue weighted by atomic mass is 10.3. The third-order valence-electron chi connectivity index (χ3n) is 2.35. The molecule has 0 atom stereocenters. The van der Waals surface area contributed by atoms with Gasteiger partial charge in [0.05, 0.1) is 0 Å². The van der Waals surface area contributed by atoms with Crippen molar-refractivity contribution in [1.29, 1.82) is 0 Å². The van der Waals surface area contributed by atoms with Crippen LogP contribution >= 0.6 is 0 Å². The first-order chi connectivity index (χ1) is 8.97. The molecule has 0 radical (unpaired) electrons. The normalized spacial score (nSPS) is 11.7. The Morgan fingerprint density at radius 2 is 2.11 bits per heavy atom. The minimum atomic E-state index is -3.87. The number of nitrogen functional groups attached to an aromatic ring is 1. The van der Waals surface area contributed by atoms with Crippen molar-refractivity contribution in [1.82, 2.24) is 4.72 Å². The summed E-state index contributed by atoms with van der Waals surface area (Å²) in [6.45, 7) is 3.30. The van der Waals surface area contributed by atoms with Crippen molar-refractivity contribution in [2.75, 3.05) is 25.5 Å². The molecule has 3 N–H and O–H groups in total. The van der Waals surface area contributed by atoms with Gasteiger partial charge < -0.3 is 10.5 Å². The minimum Gasteiger partial charge on any atom is -0.399 e. The van der Waals surface area contributed by atoms with E-state index >= 15 is 0 Å². The number of benzene rings is 1. The van der Waals surface area contributed by atoms with Gasteiger partial charge in [0, 0.05) is 25.4 Å². The zero-order valence-electron chi connectivity index (χ0n) is 10.9. The molecule has 1 aromatic carbocycles. The third kappa shape index (κ3) is 5.14. The van der Waals surface area contributed by atoms with Gasteiger partial charge in [-0.1, -0.05) is 6.92 Å². The summed E-state index contributed by atoms with van der Waals surface area (Å²) in [5.41, 5.74) is 5.66. The van der Waals surface area contributed by atoms with E-state index in [0.717, 1.165) is 18.6 Å². The molecule has 0 spiro atoms. The molecule has 0 aliphatic rings. The van der Waals surface area contributed by atoms with Crippen LogP contribution in [0.4, 0.5) is 10.1 Å². The van der Waals surface area contributed by atoms with E-state index in [1.165, 1.54) is 6.07 Å². The zero-order chi connectivity index (χ0) is 14.3. The van der Waals surface area contributed by atoms with Gasteiger partial charge in [0.25, 0.3) is 0 Å². The largest absolute Gasteiger partial charge is 0.399 e. The highest BCUT2D eigenvalue weighted by molar-refractivity contribution is 7.89. The van der Waals surface area contributed by atoms with E-state index in [1.807, 2.05) is 6.92 Å². The summed E-state index contributed by atoms with van der Waals surface area (Å²) in [7, 11) is -3.87. The fourth-order valence-corrected chi connectivity index (χ4v) is 2.62. The first kappa shape index (κ1) is 15.9. The first-order valence-corrected chi connectivity index (χ1v) is 7.58. The smallest absolute Gasteiger partial charge is 0.243 e. The fraction of sp³-hybridized carbons (Fsp3) is 0.500. The number of hydrogen-bond donors (Lipinski definition) is 2. The molecule has 0 bridgehead atoms. The van der Waals surface area contributed by atoms with Crippen LogP contribution < -0.4 is 10.5 Å². The van der Waals surface area contributed by atoms with Crippen molar-refractivity contribution >= 4 is 15.7 Å². The maximum absolute atomic E-state index is 13.4. The van der Waals surface area contributed by atoms with Crippen LogP contribution in [0.2, 0.25) is 0 Å². The Kier molecular flexibility index (Phi) is 6.20. The molecule has 5 nitrogen and oxygen atoms in total. The van der Waals surface area contributed by atoms with Gasteiger partial charge in [-0.2, -0.15) is 0 Å². The van der Waals surface area contributed by atoms with Crippen molar-refractivity contribution in [3.63, 3.8) is 0 Å². The van der Waals surface area contributed by atoms with Crippen LogP contribution in [0.3, 0.4) is 0 Å². The third-order valence-corrected chi connectivity index (χ3v) is 3.83. The predicted octanol–water partition coefficient (Wildman–Crippen LogP) is 1.50. The molecule has 0 aromatic heterocycles. The molecule has 0 aliphatic carbocycles. The monoisotopic (exact) mass is 290 g/mol. The number of nitrogens with two attached hydrogens (primary N) is 1. The molecule has 108 valence electrons. The molecule has 0 heterocycles. The van der Waals surface area contributed by atoms with Crippen molar-refractivity contribution in [3.8, 4) is 0 Å². The molecular formula is C12H19FN2O3S. The number of sulfonamides is 1. The molecular weight excluding hydrogens is 271 g/mol. The molecule has 0 saturated carbocycles. The van der Waals surface area contributed by atoms with E-state index in [4.69, 9.17) is 10.5 Å². The Labute approximate surface area is 113 Å². The van der Waals surface area contributed by atoms with Crippen LogP contribution in [-0.2, 0) is 14.8 Å². The summed E-state index contributed by atoms with van der Waals surface area (Å²) in [6.07, 6.45) is 1.45. The average Bonchev–Trinajstić information content (AvgIpc) is 2.36. The summed E-state index contributed by atoms with van der Waals surface area (Å²) >= 11 is 0. The number of halogens is 1. The molecule has 7 heteroatoms. The number of hydrogen-bond acceptors (Lipinski definition) is 4. The summed E-state index contributed by atoms with van der Waals surface area (Å²) in [6, 6.07) is 3.45. The van der Waals surface area contributed by atoms with E-state index in [1.54, 1.807) is 0 Å². The van der Waals surface area contributed by atoms with Gasteiger partial charge in [0.1, 0.15) is 10.7 Å². The van der Waals surface area contributed by atoms with Crippen LogP contribution in [0.25, 0.3) is 0 Å². The number of ether oxygens (including phenoxy) is 1. The Hall–Kier alpha value is -1.18. The van der Waals surface area contributed by atoms with E-state index in [9.17, 15) is 12.8 Å². The highest BCUT2D eigenvalue weighted by Gasteiger charge is 2.18. The second-order valence-corrected chi connectivity index (χ2v) is 5.79. The van der Waals surface area contributed by atoms with Crippen molar-refractivity contribution in [2.24, 2.45) is 0 Å². The van der Waals surface area contributed by atoms with Crippen molar-refractivity contribution < 1.29 is 17.5 Å². The number of nitrogens with one attached hydrogen (secondary N) is 1. The summed E-state index contributed by atoms with van der Waals surface area (Å²) in [5, 5.41) is 0. The Balaban J connectivity index is 2.54. The standard InChI is InChI=1S/C12H19FN2O3S/c1-2-7-18-8-3-6-15-19(16,17)12-9-10(14)4-5-11(12)13/h4-5,9,15H,2-3,6-8,14H2,1H3. The molecule has 0 amide bonds. The van der Waals surface area contributed by atoms with E-state index < -0.39 is 20.7 Å². The maximum atomic E-state index is 13.4. The predicted molar refractivity (Wildman–Crippen MR) is 71.7 cm³/mol. The van der Waals surface area contributed by atoms with Crippen molar-refractivity contribution in [3.05, 3.63) is 24.0 Å². The highest BCUT2D eigenvalue weighted by Crippen LogP contribution is 2.17. The van der Waals surface area contributed by atoms with Gasteiger partial charge >= 0.3 is 0 Å². The molecule has 1 aromatic rings. The fourth-order valence-electron chi connectivity index (χ4n) is 1.43. The number of rotatable bonds is 8. The van der Waals surface area contributed by atoms with Crippen LogP contribution in [0.15, 0.2) is 23.1 Å². The lowest BCUT2D eigenvalue weighted by molar-refractivity contribution is 0.133. The van der Waals surface area contributed by atoms with Crippen LogP contribution in [0.1, 0.15) is 19.8 Å². The molecule has 19 heavy (non-hydrogen) atoms. The summed E-state index contributed by atoms with van der Waals surface area (Å²) in [5.74, 6) is -0.816. The molecule has 0 fully saturated rings. The molecule has 1 rings (SSSR count). The zero-order valence-corrected chi connectivity index (χ0v) is 11.7. The van der Waals surface area contributed by atoms with Gasteiger partial charge in [-0.05, 0) is 31.0 Å². The minimum absolute atomic E-state index is 0.195. The van der Waals surface area contributed by atoms with Gasteiger partial charge in [-0.3, -0.25) is 0 Å². The van der Waals surface area contributed by atoms with E-state index in [2.05, 4.69) is 4.72 Å². The van der Waals surface area contributed by atoms with E-state index in [-0.39, 0.29) is 12.2 Å². The second kappa shape index (κ2) is 7.42. The maximum Gasteiger partial charge on any atom is 0.243 e. The van der Waals surface area contributed by atoms with Gasteiger partial charge in [0.2, 0.25) is 10.0 Å². The van der Waals surface area contributed by atoms with Gasteiger partial charge in [-0.25, -0.2) is 17.5 Å². The molecule has 0 unspecified atom stereocenters. The van der Waals surface area contributed by atoms with Gasteiger partial charge in [-0.15, -0.1) is 0 Å². The Morgan fingerprint density at radius 3 is 2.79 bits per heavy atom. The lowest BCUT2D eigenvalue weighted by Crippen LogP contribution is -2.26. The SMILES string of the molecule is CCCOCCCNS(=O)(=O)c1cc(N)ccc1F. The van der Waals surface area contributed by atoms with Crippen molar-refractivity contribution in [2.45, 2.75) is 24.7 Å². The Bertz CT molecular complexity index is 506. The quantitative estimate of drug-likeness (QED) is 0.561. The number of anilines is 1. The topological polar surface area (TPSA) is 81.4 Å². The second-order valence-electron chi connectivity index (χ2n) is 4.05. The van der Waals surface area contributed by atoms with Crippen LogP contribution in [-0.4, -0.2) is 28.2 Å². The Morgan fingerprint density at radius 1 is 1.37 bits per heavy atom.